The molecule has 0 bridgehead atoms. The zero-order chi connectivity index (χ0) is 14.2. The summed E-state index contributed by atoms with van der Waals surface area (Å²) >= 11 is 5.60. The molecule has 1 fully saturated rings. The van der Waals surface area contributed by atoms with Crippen molar-refractivity contribution >= 4 is 23.5 Å². The standard InChI is InChI=1S/C10H9ClF3N3O2/c11-7-2-1-6(10(12,13)14)8(16-7)17-3-5(4-17)15-9(18)19/h1-2,5,15H,3-4H2,(H,18,19). The smallest absolute Gasteiger partial charge is 0.419 e. The van der Waals surface area contributed by atoms with Crippen LogP contribution in [0.1, 0.15) is 5.56 Å². The molecular formula is C10H9ClF3N3O2. The SMILES string of the molecule is O=C(O)NC1CN(c2nc(Cl)ccc2C(F)(F)F)C1. The van der Waals surface area contributed by atoms with Gasteiger partial charge in [-0.3, -0.25) is 0 Å². The first-order chi connectivity index (χ1) is 8.77. The van der Waals surface area contributed by atoms with E-state index >= 15 is 0 Å². The molecule has 0 saturated carbocycles. The number of rotatable bonds is 2. The van der Waals surface area contributed by atoms with Crippen LogP contribution in [-0.2, 0) is 6.18 Å². The Morgan fingerprint density at radius 2 is 2.11 bits per heavy atom. The summed E-state index contributed by atoms with van der Waals surface area (Å²) < 4.78 is 38.4. The third-order valence-electron chi connectivity index (χ3n) is 2.66. The summed E-state index contributed by atoms with van der Waals surface area (Å²) in [7, 11) is 0. The molecule has 2 heterocycles. The van der Waals surface area contributed by atoms with E-state index in [0.717, 1.165) is 12.1 Å². The van der Waals surface area contributed by atoms with Gasteiger partial charge in [-0.25, -0.2) is 9.78 Å². The molecule has 104 valence electrons. The molecule has 0 unspecified atom stereocenters. The fourth-order valence-electron chi connectivity index (χ4n) is 1.81. The first-order valence-corrected chi connectivity index (χ1v) is 5.63. The second-order valence-electron chi connectivity index (χ2n) is 4.05. The van der Waals surface area contributed by atoms with Crippen molar-refractivity contribution in [2.45, 2.75) is 12.2 Å². The second-order valence-corrected chi connectivity index (χ2v) is 4.44. The van der Waals surface area contributed by atoms with Crippen LogP contribution in [0.2, 0.25) is 5.15 Å². The van der Waals surface area contributed by atoms with Gasteiger partial charge in [0, 0.05) is 13.1 Å². The molecule has 1 aromatic heterocycles. The zero-order valence-electron chi connectivity index (χ0n) is 9.41. The Labute approximate surface area is 111 Å². The second kappa shape index (κ2) is 4.76. The van der Waals surface area contributed by atoms with Gasteiger partial charge in [0.05, 0.1) is 11.6 Å². The van der Waals surface area contributed by atoms with E-state index in [9.17, 15) is 18.0 Å². The molecule has 9 heteroatoms. The highest BCUT2D eigenvalue weighted by atomic mass is 35.5. The van der Waals surface area contributed by atoms with E-state index in [1.54, 1.807) is 0 Å². The number of amides is 1. The lowest BCUT2D eigenvalue weighted by Gasteiger charge is -2.40. The summed E-state index contributed by atoms with van der Waals surface area (Å²) in [4.78, 5) is 15.4. The van der Waals surface area contributed by atoms with Gasteiger partial charge < -0.3 is 15.3 Å². The lowest BCUT2D eigenvalue weighted by atomic mass is 10.1. The minimum Gasteiger partial charge on any atom is -0.465 e. The molecule has 1 aliphatic heterocycles. The molecule has 0 spiro atoms. The molecule has 0 aromatic carbocycles. The molecule has 2 rings (SSSR count). The molecule has 19 heavy (non-hydrogen) atoms. The number of anilines is 1. The van der Waals surface area contributed by atoms with E-state index in [1.807, 2.05) is 0 Å². The predicted molar refractivity (Wildman–Crippen MR) is 61.4 cm³/mol. The zero-order valence-corrected chi connectivity index (χ0v) is 10.2. The minimum atomic E-state index is -4.53. The van der Waals surface area contributed by atoms with Gasteiger partial charge in [0.2, 0.25) is 0 Å². The van der Waals surface area contributed by atoms with Gasteiger partial charge in [-0.15, -0.1) is 0 Å². The maximum absolute atomic E-state index is 12.8. The third-order valence-corrected chi connectivity index (χ3v) is 2.87. The summed E-state index contributed by atoms with van der Waals surface area (Å²) in [6.07, 6.45) is -5.74. The van der Waals surface area contributed by atoms with Crippen LogP contribution < -0.4 is 10.2 Å². The van der Waals surface area contributed by atoms with Gasteiger partial charge in [-0.1, -0.05) is 11.6 Å². The highest BCUT2D eigenvalue weighted by molar-refractivity contribution is 6.29. The number of hydrogen-bond acceptors (Lipinski definition) is 3. The molecule has 1 aromatic rings. The quantitative estimate of drug-likeness (QED) is 0.821. The molecule has 0 aliphatic carbocycles. The van der Waals surface area contributed by atoms with Gasteiger partial charge in [0.25, 0.3) is 0 Å². The summed E-state index contributed by atoms with van der Waals surface area (Å²) in [6.45, 7) is 0.255. The summed E-state index contributed by atoms with van der Waals surface area (Å²) in [5, 5.41) is 10.6. The highest BCUT2D eigenvalue weighted by Gasteiger charge is 2.39. The minimum absolute atomic E-state index is 0.0438. The Morgan fingerprint density at radius 3 is 2.63 bits per heavy atom. The third kappa shape index (κ3) is 3.01. The largest absolute Gasteiger partial charge is 0.465 e. The van der Waals surface area contributed by atoms with Crippen molar-refractivity contribution in [2.24, 2.45) is 0 Å². The van der Waals surface area contributed by atoms with Gasteiger partial charge in [-0.05, 0) is 12.1 Å². The Kier molecular flexibility index (Phi) is 3.44. The van der Waals surface area contributed by atoms with E-state index in [0.29, 0.717) is 0 Å². The van der Waals surface area contributed by atoms with Crippen molar-refractivity contribution in [1.82, 2.24) is 10.3 Å². The van der Waals surface area contributed by atoms with Gasteiger partial charge in [0.15, 0.2) is 0 Å². The van der Waals surface area contributed by atoms with Crippen LogP contribution in [0.5, 0.6) is 0 Å². The van der Waals surface area contributed by atoms with E-state index < -0.39 is 23.9 Å². The van der Waals surface area contributed by atoms with E-state index in [2.05, 4.69) is 10.3 Å². The number of nitrogens with one attached hydrogen (secondary N) is 1. The van der Waals surface area contributed by atoms with Crippen molar-refractivity contribution in [1.29, 1.82) is 0 Å². The molecule has 1 saturated heterocycles. The van der Waals surface area contributed by atoms with Gasteiger partial charge >= 0.3 is 12.3 Å². The molecular weight excluding hydrogens is 287 g/mol. The number of carboxylic acid groups (broad SMARTS) is 1. The molecule has 0 atom stereocenters. The predicted octanol–water partition coefficient (Wildman–Crippen LogP) is 2.21. The summed E-state index contributed by atoms with van der Waals surface area (Å²) in [6, 6.07) is 1.53. The maximum atomic E-state index is 12.8. The van der Waals surface area contributed by atoms with Crippen LogP contribution >= 0.6 is 11.6 Å². The topological polar surface area (TPSA) is 65.5 Å². The highest BCUT2D eigenvalue weighted by Crippen LogP contribution is 2.37. The number of hydrogen-bond donors (Lipinski definition) is 2. The molecule has 0 radical (unpaired) electrons. The van der Waals surface area contributed by atoms with Crippen LogP contribution in [0.15, 0.2) is 12.1 Å². The van der Waals surface area contributed by atoms with Crippen LogP contribution in [0.3, 0.4) is 0 Å². The fraction of sp³-hybridized carbons (Fsp3) is 0.400. The molecule has 5 nitrogen and oxygen atoms in total. The molecule has 2 N–H and O–H groups in total. The number of aromatic nitrogens is 1. The Hall–Kier alpha value is -1.70. The monoisotopic (exact) mass is 295 g/mol. The van der Waals surface area contributed by atoms with E-state index in [1.165, 1.54) is 4.90 Å². The van der Waals surface area contributed by atoms with Crippen molar-refractivity contribution in [3.63, 3.8) is 0 Å². The van der Waals surface area contributed by atoms with Crippen molar-refractivity contribution in [3.05, 3.63) is 22.8 Å². The summed E-state index contributed by atoms with van der Waals surface area (Å²) in [5.41, 5.74) is -0.884. The average Bonchev–Trinajstić information content (AvgIpc) is 2.20. The maximum Gasteiger partial charge on any atom is 0.419 e. The normalized spacial score (nSPS) is 16.1. The average molecular weight is 296 g/mol. The Bertz CT molecular complexity index is 503. The van der Waals surface area contributed by atoms with Crippen LogP contribution in [0.4, 0.5) is 23.8 Å². The fourth-order valence-corrected chi connectivity index (χ4v) is 1.95. The first-order valence-electron chi connectivity index (χ1n) is 5.25. The Balaban J connectivity index is 2.17. The lowest BCUT2D eigenvalue weighted by Crippen LogP contribution is -2.59. The Morgan fingerprint density at radius 1 is 1.47 bits per heavy atom. The van der Waals surface area contributed by atoms with Crippen LogP contribution in [0.25, 0.3) is 0 Å². The number of alkyl halides is 3. The van der Waals surface area contributed by atoms with Gasteiger partial charge in [-0.2, -0.15) is 13.2 Å². The van der Waals surface area contributed by atoms with E-state index in [-0.39, 0.29) is 24.1 Å². The van der Waals surface area contributed by atoms with Crippen molar-refractivity contribution in [2.75, 3.05) is 18.0 Å². The van der Waals surface area contributed by atoms with Crippen molar-refractivity contribution < 1.29 is 23.1 Å². The van der Waals surface area contributed by atoms with Gasteiger partial charge in [0.1, 0.15) is 11.0 Å². The number of halogens is 4. The lowest BCUT2D eigenvalue weighted by molar-refractivity contribution is -0.137. The van der Waals surface area contributed by atoms with Crippen LogP contribution in [-0.4, -0.2) is 35.3 Å². The van der Waals surface area contributed by atoms with E-state index in [4.69, 9.17) is 16.7 Å². The molecule has 1 amide bonds. The number of pyridine rings is 1. The van der Waals surface area contributed by atoms with Crippen LogP contribution in [0, 0.1) is 0 Å². The van der Waals surface area contributed by atoms with Crippen molar-refractivity contribution in [3.8, 4) is 0 Å². The number of carbonyl (C=O) groups is 1. The number of nitrogens with zero attached hydrogens (tertiary/aromatic N) is 2. The summed E-state index contributed by atoms with van der Waals surface area (Å²) in [5.74, 6) is -0.275. The first kappa shape index (κ1) is 13.7. The molecule has 1 aliphatic rings.